The Hall–Kier alpha value is -3.60. The summed E-state index contributed by atoms with van der Waals surface area (Å²) >= 11 is 0. The van der Waals surface area contributed by atoms with Crippen LogP contribution in [-0.2, 0) is 6.54 Å². The van der Waals surface area contributed by atoms with Crippen LogP contribution in [0.4, 0.5) is 5.69 Å². The topological polar surface area (TPSA) is 42.5 Å². The number of carbonyl (C=O) groups excluding carboxylic acids is 1. The Bertz CT molecular complexity index is 1240. The first-order valence-corrected chi connectivity index (χ1v) is 9.58. The smallest absolute Gasteiger partial charge is 0.191 e. The summed E-state index contributed by atoms with van der Waals surface area (Å²) in [6, 6.07) is 16.1. The summed E-state index contributed by atoms with van der Waals surface area (Å²) in [5.74, 6) is -0.0534. The molecular formula is C24H24N4O. The van der Waals surface area contributed by atoms with Gasteiger partial charge in [0.2, 0.25) is 0 Å². The van der Waals surface area contributed by atoms with E-state index in [0.717, 1.165) is 33.6 Å². The molecule has 0 aliphatic carbocycles. The van der Waals surface area contributed by atoms with Crippen molar-refractivity contribution in [2.24, 2.45) is 0 Å². The van der Waals surface area contributed by atoms with Gasteiger partial charge in [0.25, 0.3) is 0 Å². The van der Waals surface area contributed by atoms with Crippen LogP contribution in [0, 0.1) is 6.92 Å². The van der Waals surface area contributed by atoms with E-state index in [1.807, 2.05) is 91.1 Å². The molecule has 4 aromatic rings. The first-order valence-electron chi connectivity index (χ1n) is 9.58. The molecule has 0 radical (unpaired) electrons. The van der Waals surface area contributed by atoms with Crippen molar-refractivity contribution >= 4 is 34.2 Å². The van der Waals surface area contributed by atoms with Gasteiger partial charge in [-0.15, -0.1) is 6.58 Å². The lowest BCUT2D eigenvalue weighted by molar-refractivity contribution is 0.104. The molecule has 146 valence electrons. The fourth-order valence-electron chi connectivity index (χ4n) is 3.66. The predicted molar refractivity (Wildman–Crippen MR) is 120 cm³/mol. The van der Waals surface area contributed by atoms with Gasteiger partial charge in [-0.2, -0.15) is 5.10 Å². The average Bonchev–Trinajstić information content (AvgIpc) is 3.21. The van der Waals surface area contributed by atoms with Gasteiger partial charge >= 0.3 is 0 Å². The van der Waals surface area contributed by atoms with Crippen LogP contribution in [0.1, 0.15) is 21.6 Å². The second-order valence-electron chi connectivity index (χ2n) is 7.27. The van der Waals surface area contributed by atoms with E-state index in [1.165, 1.54) is 0 Å². The number of para-hydroxylation sites is 2. The summed E-state index contributed by atoms with van der Waals surface area (Å²) in [5, 5.41) is 4.65. The number of rotatable bonds is 6. The number of aryl methyl sites for hydroxylation is 1. The molecule has 5 nitrogen and oxygen atoms in total. The van der Waals surface area contributed by atoms with Crippen molar-refractivity contribution < 1.29 is 4.79 Å². The number of ketones is 1. The summed E-state index contributed by atoms with van der Waals surface area (Å²) in [6.45, 7) is 6.36. The molecule has 2 aromatic carbocycles. The van der Waals surface area contributed by atoms with E-state index < -0.39 is 0 Å². The maximum Gasteiger partial charge on any atom is 0.191 e. The molecule has 5 heteroatoms. The van der Waals surface area contributed by atoms with Crippen molar-refractivity contribution in [3.63, 3.8) is 0 Å². The lowest BCUT2D eigenvalue weighted by Gasteiger charge is -2.11. The minimum atomic E-state index is -0.0534. The average molecular weight is 384 g/mol. The number of aromatic nitrogens is 3. The minimum Gasteiger partial charge on any atom is -0.378 e. The molecule has 0 saturated heterocycles. The number of nitrogens with zero attached hydrogens (tertiary/aromatic N) is 4. The third-order valence-corrected chi connectivity index (χ3v) is 5.09. The maximum absolute atomic E-state index is 13.1. The van der Waals surface area contributed by atoms with Gasteiger partial charge in [0, 0.05) is 26.3 Å². The number of imidazole rings is 1. The normalized spacial score (nSPS) is 11.6. The monoisotopic (exact) mass is 384 g/mol. The van der Waals surface area contributed by atoms with Crippen LogP contribution in [0.2, 0.25) is 0 Å². The molecule has 0 unspecified atom stereocenters. The number of benzene rings is 2. The van der Waals surface area contributed by atoms with Gasteiger partial charge in [0.05, 0.1) is 22.3 Å². The second kappa shape index (κ2) is 7.43. The van der Waals surface area contributed by atoms with Crippen molar-refractivity contribution in [2.45, 2.75) is 13.5 Å². The van der Waals surface area contributed by atoms with E-state index in [4.69, 9.17) is 0 Å². The fourth-order valence-corrected chi connectivity index (χ4v) is 3.66. The summed E-state index contributed by atoms with van der Waals surface area (Å²) < 4.78 is 3.95. The Labute approximate surface area is 170 Å². The highest BCUT2D eigenvalue weighted by Gasteiger charge is 2.21. The van der Waals surface area contributed by atoms with Gasteiger partial charge < -0.3 is 9.47 Å². The van der Waals surface area contributed by atoms with E-state index in [1.54, 1.807) is 6.08 Å². The SMILES string of the molecule is C=CCn1c2ccccc2n2nc(C)c(C(=O)C=Cc3ccc(N(C)C)cc3)c12. The molecule has 29 heavy (non-hydrogen) atoms. The molecule has 0 atom stereocenters. The van der Waals surface area contributed by atoms with E-state index in [9.17, 15) is 4.79 Å². The van der Waals surface area contributed by atoms with Crippen molar-refractivity contribution in [3.8, 4) is 0 Å². The minimum absolute atomic E-state index is 0.0534. The molecule has 0 fully saturated rings. The zero-order chi connectivity index (χ0) is 20.5. The van der Waals surface area contributed by atoms with Gasteiger partial charge in [-0.3, -0.25) is 4.79 Å². The van der Waals surface area contributed by atoms with Crippen LogP contribution >= 0.6 is 0 Å². The predicted octanol–water partition coefficient (Wildman–Crippen LogP) is 4.75. The Morgan fingerprint density at radius 2 is 1.79 bits per heavy atom. The Morgan fingerprint density at radius 3 is 2.45 bits per heavy atom. The Morgan fingerprint density at radius 1 is 1.10 bits per heavy atom. The van der Waals surface area contributed by atoms with Crippen molar-refractivity contribution in [1.82, 2.24) is 14.2 Å². The summed E-state index contributed by atoms with van der Waals surface area (Å²) in [7, 11) is 4.01. The first kappa shape index (κ1) is 18.7. The van der Waals surface area contributed by atoms with Gasteiger partial charge in [0.15, 0.2) is 5.78 Å². The third-order valence-electron chi connectivity index (χ3n) is 5.09. The highest BCUT2D eigenvalue weighted by molar-refractivity contribution is 6.12. The first-order chi connectivity index (χ1) is 14.0. The largest absolute Gasteiger partial charge is 0.378 e. The molecule has 4 rings (SSSR count). The molecule has 0 aliphatic heterocycles. The van der Waals surface area contributed by atoms with Crippen molar-refractivity contribution in [1.29, 1.82) is 0 Å². The van der Waals surface area contributed by atoms with E-state index in [2.05, 4.69) is 16.2 Å². The van der Waals surface area contributed by atoms with E-state index in [-0.39, 0.29) is 5.78 Å². The number of fused-ring (bicyclic) bond motifs is 3. The molecule has 2 heterocycles. The van der Waals surface area contributed by atoms with Crippen LogP contribution < -0.4 is 4.90 Å². The van der Waals surface area contributed by atoms with Crippen LogP contribution in [-0.4, -0.2) is 34.1 Å². The zero-order valence-corrected chi connectivity index (χ0v) is 17.0. The number of hydrogen-bond acceptors (Lipinski definition) is 3. The highest BCUT2D eigenvalue weighted by atomic mass is 16.1. The molecule has 0 N–H and O–H groups in total. The van der Waals surface area contributed by atoms with Gasteiger partial charge in [-0.25, -0.2) is 4.52 Å². The van der Waals surface area contributed by atoms with Crippen molar-refractivity contribution in [2.75, 3.05) is 19.0 Å². The van der Waals surface area contributed by atoms with Gasteiger partial charge in [-0.1, -0.05) is 36.4 Å². The second-order valence-corrected chi connectivity index (χ2v) is 7.27. The molecule has 0 spiro atoms. The van der Waals surface area contributed by atoms with Crippen LogP contribution in [0.5, 0.6) is 0 Å². The molecule has 0 bridgehead atoms. The molecule has 0 aliphatic rings. The highest BCUT2D eigenvalue weighted by Crippen LogP contribution is 2.26. The van der Waals surface area contributed by atoms with Gasteiger partial charge in [-0.05, 0) is 42.8 Å². The van der Waals surface area contributed by atoms with Crippen molar-refractivity contribution in [3.05, 3.63) is 84.1 Å². The Kier molecular flexibility index (Phi) is 4.80. The lowest BCUT2D eigenvalue weighted by Crippen LogP contribution is -2.07. The molecule has 0 saturated carbocycles. The number of allylic oxidation sites excluding steroid dienone is 2. The number of hydrogen-bond donors (Lipinski definition) is 0. The lowest BCUT2D eigenvalue weighted by atomic mass is 10.1. The Balaban J connectivity index is 1.77. The number of carbonyl (C=O) groups is 1. The van der Waals surface area contributed by atoms with Crippen LogP contribution in [0.15, 0.2) is 67.3 Å². The van der Waals surface area contributed by atoms with Crippen LogP contribution in [0.25, 0.3) is 22.8 Å². The summed E-state index contributed by atoms with van der Waals surface area (Å²) in [6.07, 6.45) is 5.32. The fraction of sp³-hybridized carbons (Fsp3) is 0.167. The number of anilines is 1. The van der Waals surface area contributed by atoms with Crippen LogP contribution in [0.3, 0.4) is 0 Å². The molecule has 0 amide bonds. The van der Waals surface area contributed by atoms with E-state index in [0.29, 0.717) is 12.1 Å². The quantitative estimate of drug-likeness (QED) is 0.274. The zero-order valence-electron chi connectivity index (χ0n) is 17.0. The summed E-state index contributed by atoms with van der Waals surface area (Å²) in [5.41, 5.74) is 6.28. The van der Waals surface area contributed by atoms with E-state index >= 15 is 0 Å². The molecular weight excluding hydrogens is 360 g/mol. The summed E-state index contributed by atoms with van der Waals surface area (Å²) in [4.78, 5) is 15.2. The third kappa shape index (κ3) is 3.25. The maximum atomic E-state index is 13.1. The molecule has 2 aromatic heterocycles. The standard InChI is InChI=1S/C24H24N4O/c1-5-16-27-20-8-6-7-9-21(20)28-24(27)23(17(2)25-28)22(29)15-12-18-10-13-19(14-11-18)26(3)4/h5-15H,1,16H2,2-4H3. The van der Waals surface area contributed by atoms with Gasteiger partial charge in [0.1, 0.15) is 5.65 Å².